The third-order valence-electron chi connectivity index (χ3n) is 5.10. The van der Waals surface area contributed by atoms with Crippen molar-refractivity contribution in [2.24, 2.45) is 10.8 Å². The molecule has 0 atom stereocenters. The molecular formula is C16H34O3. The highest BCUT2D eigenvalue weighted by Crippen LogP contribution is 2.34. The summed E-state index contributed by atoms with van der Waals surface area (Å²) in [5.41, 5.74) is 0.225. The molecule has 0 aromatic carbocycles. The second kappa shape index (κ2) is 9.73. The van der Waals surface area contributed by atoms with Gasteiger partial charge in [-0.15, -0.1) is 0 Å². The molecule has 0 spiro atoms. The van der Waals surface area contributed by atoms with Crippen LogP contribution in [-0.4, -0.2) is 36.6 Å². The molecule has 0 aliphatic heterocycles. The first-order valence-electron chi connectivity index (χ1n) is 7.87. The Balaban J connectivity index is 4.43. The lowest BCUT2D eigenvalue weighted by atomic mass is 9.79. The zero-order valence-electron chi connectivity index (χ0n) is 13.4. The van der Waals surface area contributed by atoms with Gasteiger partial charge in [0.15, 0.2) is 0 Å². The van der Waals surface area contributed by atoms with Crippen LogP contribution in [0.1, 0.15) is 66.2 Å². The minimum absolute atomic E-state index is 0.112. The van der Waals surface area contributed by atoms with Gasteiger partial charge in [-0.1, -0.05) is 27.7 Å². The molecule has 3 heteroatoms. The maximum absolute atomic E-state index is 9.21. The third-order valence-corrected chi connectivity index (χ3v) is 5.10. The first kappa shape index (κ1) is 18.9. The van der Waals surface area contributed by atoms with Crippen LogP contribution in [0.5, 0.6) is 0 Å². The molecule has 0 amide bonds. The number of ether oxygens (including phenoxy) is 1. The summed E-state index contributed by atoms with van der Waals surface area (Å²) in [6.45, 7) is 10.6. The van der Waals surface area contributed by atoms with Gasteiger partial charge in [0.25, 0.3) is 0 Å². The van der Waals surface area contributed by atoms with Crippen LogP contribution in [-0.2, 0) is 4.74 Å². The quantitative estimate of drug-likeness (QED) is 0.573. The highest BCUT2D eigenvalue weighted by atomic mass is 16.5. The van der Waals surface area contributed by atoms with Crippen molar-refractivity contribution in [3.63, 3.8) is 0 Å². The number of rotatable bonds is 12. The van der Waals surface area contributed by atoms with Gasteiger partial charge < -0.3 is 14.9 Å². The van der Waals surface area contributed by atoms with E-state index in [0.717, 1.165) is 38.5 Å². The van der Waals surface area contributed by atoms with Crippen molar-refractivity contribution in [3.05, 3.63) is 0 Å². The summed E-state index contributed by atoms with van der Waals surface area (Å²) in [5, 5.41) is 18.4. The maximum Gasteiger partial charge on any atom is 0.0523 e. The molecule has 2 N–H and O–H groups in total. The van der Waals surface area contributed by atoms with E-state index in [1.165, 1.54) is 0 Å². The van der Waals surface area contributed by atoms with Crippen LogP contribution >= 0.6 is 0 Å². The van der Waals surface area contributed by atoms with E-state index in [1.807, 2.05) is 0 Å². The van der Waals surface area contributed by atoms with Crippen LogP contribution in [0.3, 0.4) is 0 Å². The van der Waals surface area contributed by atoms with Crippen molar-refractivity contribution < 1.29 is 14.9 Å². The fourth-order valence-electron chi connectivity index (χ4n) is 2.72. The van der Waals surface area contributed by atoms with Gasteiger partial charge in [-0.2, -0.15) is 0 Å². The largest absolute Gasteiger partial charge is 0.396 e. The topological polar surface area (TPSA) is 49.7 Å². The van der Waals surface area contributed by atoms with Gasteiger partial charge >= 0.3 is 0 Å². The molecule has 0 saturated carbocycles. The van der Waals surface area contributed by atoms with Gasteiger partial charge in [-0.3, -0.25) is 0 Å². The molecule has 0 rings (SSSR count). The highest BCUT2D eigenvalue weighted by Gasteiger charge is 2.30. The molecule has 3 nitrogen and oxygen atoms in total. The SMILES string of the molecule is CCC(CC)(CCO)COCC(CC)(CC)CCO. The van der Waals surface area contributed by atoms with E-state index in [4.69, 9.17) is 4.74 Å². The Morgan fingerprint density at radius 2 is 1.00 bits per heavy atom. The molecular weight excluding hydrogens is 240 g/mol. The van der Waals surface area contributed by atoms with E-state index >= 15 is 0 Å². The molecule has 0 radical (unpaired) electrons. The lowest BCUT2D eigenvalue weighted by Crippen LogP contribution is -2.32. The molecule has 0 aliphatic carbocycles. The minimum atomic E-state index is 0.112. The molecule has 0 aromatic heterocycles. The van der Waals surface area contributed by atoms with Crippen LogP contribution in [0.25, 0.3) is 0 Å². The monoisotopic (exact) mass is 274 g/mol. The summed E-state index contributed by atoms with van der Waals surface area (Å²) >= 11 is 0. The van der Waals surface area contributed by atoms with Crippen LogP contribution in [0.15, 0.2) is 0 Å². The lowest BCUT2D eigenvalue weighted by molar-refractivity contribution is -0.0302. The molecule has 0 aromatic rings. The summed E-state index contributed by atoms with van der Waals surface area (Å²) in [6.07, 6.45) is 5.77. The van der Waals surface area contributed by atoms with Gasteiger partial charge in [0.1, 0.15) is 0 Å². The third kappa shape index (κ3) is 5.80. The Hall–Kier alpha value is -0.120. The summed E-state index contributed by atoms with van der Waals surface area (Å²) in [6, 6.07) is 0. The van der Waals surface area contributed by atoms with E-state index in [9.17, 15) is 10.2 Å². The van der Waals surface area contributed by atoms with E-state index in [2.05, 4.69) is 27.7 Å². The number of aliphatic hydroxyl groups is 2. The fourth-order valence-corrected chi connectivity index (χ4v) is 2.72. The first-order chi connectivity index (χ1) is 9.07. The molecule has 0 saturated heterocycles. The second-order valence-electron chi connectivity index (χ2n) is 5.85. The smallest absolute Gasteiger partial charge is 0.0523 e. The Morgan fingerprint density at radius 1 is 0.684 bits per heavy atom. The van der Waals surface area contributed by atoms with Gasteiger partial charge in [0, 0.05) is 13.2 Å². The first-order valence-corrected chi connectivity index (χ1v) is 7.87. The molecule has 116 valence electrons. The molecule has 19 heavy (non-hydrogen) atoms. The normalized spacial score (nSPS) is 12.9. The maximum atomic E-state index is 9.21. The minimum Gasteiger partial charge on any atom is -0.396 e. The fraction of sp³-hybridized carbons (Fsp3) is 1.00. The second-order valence-corrected chi connectivity index (χ2v) is 5.85. The molecule has 0 fully saturated rings. The van der Waals surface area contributed by atoms with Gasteiger partial charge in [-0.25, -0.2) is 0 Å². The average Bonchev–Trinajstić information content (AvgIpc) is 2.45. The van der Waals surface area contributed by atoms with Gasteiger partial charge in [0.05, 0.1) is 13.2 Å². The molecule has 0 unspecified atom stereocenters. The highest BCUT2D eigenvalue weighted by molar-refractivity contribution is 4.79. The Morgan fingerprint density at radius 3 is 1.21 bits per heavy atom. The standard InChI is InChI=1S/C16H34O3/c1-5-15(6-2,9-11-17)13-19-14-16(7-3,8-4)10-12-18/h17-18H,5-14H2,1-4H3. The van der Waals surface area contributed by atoms with Crippen molar-refractivity contribution in [1.29, 1.82) is 0 Å². The lowest BCUT2D eigenvalue weighted by Gasteiger charge is -2.35. The Kier molecular flexibility index (Phi) is 9.67. The molecule has 0 bridgehead atoms. The summed E-state index contributed by atoms with van der Waals surface area (Å²) in [7, 11) is 0. The predicted octanol–water partition coefficient (Wildman–Crippen LogP) is 3.38. The van der Waals surface area contributed by atoms with E-state index in [-0.39, 0.29) is 24.0 Å². The number of hydrogen-bond donors (Lipinski definition) is 2. The van der Waals surface area contributed by atoms with Gasteiger partial charge in [0.2, 0.25) is 0 Å². The van der Waals surface area contributed by atoms with Crippen molar-refractivity contribution in [3.8, 4) is 0 Å². The van der Waals surface area contributed by atoms with E-state index in [0.29, 0.717) is 13.2 Å². The average molecular weight is 274 g/mol. The molecule has 0 aliphatic rings. The predicted molar refractivity (Wildman–Crippen MR) is 80.3 cm³/mol. The zero-order chi connectivity index (χ0) is 14.8. The van der Waals surface area contributed by atoms with E-state index in [1.54, 1.807) is 0 Å². The molecule has 0 heterocycles. The van der Waals surface area contributed by atoms with Crippen molar-refractivity contribution in [2.45, 2.75) is 66.2 Å². The van der Waals surface area contributed by atoms with E-state index < -0.39 is 0 Å². The van der Waals surface area contributed by atoms with Crippen LogP contribution in [0, 0.1) is 10.8 Å². The van der Waals surface area contributed by atoms with Crippen molar-refractivity contribution in [2.75, 3.05) is 26.4 Å². The summed E-state index contributed by atoms with van der Waals surface area (Å²) in [4.78, 5) is 0. The van der Waals surface area contributed by atoms with Crippen molar-refractivity contribution >= 4 is 0 Å². The van der Waals surface area contributed by atoms with Crippen LogP contribution in [0.4, 0.5) is 0 Å². The van der Waals surface area contributed by atoms with Crippen LogP contribution < -0.4 is 0 Å². The van der Waals surface area contributed by atoms with Gasteiger partial charge in [-0.05, 0) is 49.4 Å². The van der Waals surface area contributed by atoms with Crippen LogP contribution in [0.2, 0.25) is 0 Å². The van der Waals surface area contributed by atoms with Crippen molar-refractivity contribution in [1.82, 2.24) is 0 Å². The Labute approximate surface area is 119 Å². The summed E-state index contributed by atoms with van der Waals surface area (Å²) in [5.74, 6) is 0. The number of aliphatic hydroxyl groups excluding tert-OH is 2. The zero-order valence-corrected chi connectivity index (χ0v) is 13.4. The number of hydrogen-bond acceptors (Lipinski definition) is 3. The summed E-state index contributed by atoms with van der Waals surface area (Å²) < 4.78 is 6.01. The Bertz CT molecular complexity index is 186.